The van der Waals surface area contributed by atoms with Crippen LogP contribution in [0.5, 0.6) is 5.75 Å². The molecule has 1 aromatic carbocycles. The molecule has 0 spiro atoms. The van der Waals surface area contributed by atoms with Crippen LogP contribution in [-0.4, -0.2) is 26.4 Å². The van der Waals surface area contributed by atoms with Gasteiger partial charge in [-0.05, 0) is 31.0 Å². The third-order valence-electron chi connectivity index (χ3n) is 3.07. The van der Waals surface area contributed by atoms with Crippen molar-refractivity contribution < 1.29 is 9.47 Å². The first-order valence-electron chi connectivity index (χ1n) is 7.34. The van der Waals surface area contributed by atoms with Crippen LogP contribution in [0.25, 0.3) is 0 Å². The predicted molar refractivity (Wildman–Crippen MR) is 87.3 cm³/mol. The average Bonchev–Trinajstić information content (AvgIpc) is 2.44. The second-order valence-electron chi connectivity index (χ2n) is 4.92. The van der Waals surface area contributed by atoms with Gasteiger partial charge < -0.3 is 14.8 Å². The Hall–Kier alpha value is -0.580. The van der Waals surface area contributed by atoms with Crippen molar-refractivity contribution in [3.05, 3.63) is 28.2 Å². The van der Waals surface area contributed by atoms with E-state index in [-0.39, 0.29) is 0 Å². The number of hydrogen-bond acceptors (Lipinski definition) is 3. The van der Waals surface area contributed by atoms with E-state index in [0.29, 0.717) is 6.04 Å². The van der Waals surface area contributed by atoms with Gasteiger partial charge in [0.1, 0.15) is 5.75 Å². The highest BCUT2D eigenvalue weighted by Crippen LogP contribution is 2.23. The summed E-state index contributed by atoms with van der Waals surface area (Å²) in [6, 6.07) is 6.56. The summed E-state index contributed by atoms with van der Waals surface area (Å²) in [5, 5.41) is 3.56. The predicted octanol–water partition coefficient (Wildman–Crippen LogP) is 4.14. The molecule has 1 unspecified atom stereocenters. The van der Waals surface area contributed by atoms with Gasteiger partial charge in [-0.15, -0.1) is 0 Å². The van der Waals surface area contributed by atoms with Gasteiger partial charge in [-0.3, -0.25) is 0 Å². The maximum absolute atomic E-state index is 5.80. The zero-order valence-corrected chi connectivity index (χ0v) is 14.3. The molecule has 20 heavy (non-hydrogen) atoms. The first-order chi connectivity index (χ1) is 9.71. The molecule has 0 aromatic heterocycles. The van der Waals surface area contributed by atoms with Crippen molar-refractivity contribution in [3.63, 3.8) is 0 Å². The van der Waals surface area contributed by atoms with Crippen molar-refractivity contribution in [2.75, 3.05) is 20.3 Å². The normalized spacial score (nSPS) is 12.4. The van der Waals surface area contributed by atoms with Crippen LogP contribution in [-0.2, 0) is 11.3 Å². The van der Waals surface area contributed by atoms with E-state index in [1.165, 1.54) is 5.56 Å². The fourth-order valence-electron chi connectivity index (χ4n) is 2.09. The molecule has 0 aliphatic heterocycles. The number of nitrogens with one attached hydrogen (secondary N) is 1. The monoisotopic (exact) mass is 343 g/mol. The molecule has 0 amide bonds. The lowest BCUT2D eigenvalue weighted by molar-refractivity contribution is 0.161. The molecule has 0 saturated carbocycles. The van der Waals surface area contributed by atoms with Crippen molar-refractivity contribution in [3.8, 4) is 5.75 Å². The van der Waals surface area contributed by atoms with Crippen LogP contribution < -0.4 is 10.1 Å². The molecule has 0 fully saturated rings. The topological polar surface area (TPSA) is 30.5 Å². The average molecular weight is 344 g/mol. The van der Waals surface area contributed by atoms with Crippen molar-refractivity contribution in [2.24, 2.45) is 0 Å². The van der Waals surface area contributed by atoms with Crippen molar-refractivity contribution >= 4 is 15.9 Å². The molecule has 0 bridgehead atoms. The fraction of sp³-hybridized carbons (Fsp3) is 0.625. The minimum Gasteiger partial charge on any atom is -0.493 e. The van der Waals surface area contributed by atoms with Crippen LogP contribution >= 0.6 is 15.9 Å². The van der Waals surface area contributed by atoms with Gasteiger partial charge in [-0.25, -0.2) is 0 Å². The highest BCUT2D eigenvalue weighted by Gasteiger charge is 2.09. The van der Waals surface area contributed by atoms with Crippen molar-refractivity contribution in [2.45, 2.75) is 45.7 Å². The second kappa shape index (κ2) is 10.2. The smallest absolute Gasteiger partial charge is 0.123 e. The Morgan fingerprint density at radius 1 is 1.25 bits per heavy atom. The molecule has 3 nitrogen and oxygen atoms in total. The van der Waals surface area contributed by atoms with Crippen LogP contribution in [0.4, 0.5) is 0 Å². The van der Waals surface area contributed by atoms with Gasteiger partial charge in [-0.2, -0.15) is 0 Å². The van der Waals surface area contributed by atoms with Crippen LogP contribution in [0.3, 0.4) is 0 Å². The van der Waals surface area contributed by atoms with Gasteiger partial charge in [0.05, 0.1) is 13.2 Å². The number of methoxy groups -OCH3 is 1. The van der Waals surface area contributed by atoms with Gasteiger partial charge in [0.2, 0.25) is 0 Å². The van der Waals surface area contributed by atoms with Crippen molar-refractivity contribution in [1.29, 1.82) is 0 Å². The Morgan fingerprint density at radius 2 is 2.05 bits per heavy atom. The summed E-state index contributed by atoms with van der Waals surface area (Å²) in [7, 11) is 1.75. The first kappa shape index (κ1) is 17.5. The quantitative estimate of drug-likeness (QED) is 0.692. The minimum absolute atomic E-state index is 0.392. The molecular formula is C16H26BrNO2. The molecule has 1 atom stereocenters. The van der Waals surface area contributed by atoms with Crippen LogP contribution in [0.2, 0.25) is 0 Å². The molecule has 4 heteroatoms. The van der Waals surface area contributed by atoms with E-state index < -0.39 is 0 Å². The largest absolute Gasteiger partial charge is 0.493 e. The van der Waals surface area contributed by atoms with Crippen LogP contribution in [0.1, 0.15) is 38.7 Å². The summed E-state index contributed by atoms with van der Waals surface area (Å²) in [5.41, 5.74) is 1.19. The number of hydrogen-bond donors (Lipinski definition) is 1. The Labute approximate surface area is 131 Å². The Bertz CT molecular complexity index is 379. The molecule has 1 aromatic rings. The van der Waals surface area contributed by atoms with Gasteiger partial charge in [0, 0.05) is 29.7 Å². The lowest BCUT2D eigenvalue weighted by atomic mass is 10.1. The summed E-state index contributed by atoms with van der Waals surface area (Å²) >= 11 is 3.52. The Balaban J connectivity index is 2.66. The molecule has 1 N–H and O–H groups in total. The lowest BCUT2D eigenvalue weighted by Crippen LogP contribution is -2.32. The molecular weight excluding hydrogens is 318 g/mol. The zero-order valence-electron chi connectivity index (χ0n) is 12.7. The molecule has 0 radical (unpaired) electrons. The summed E-state index contributed by atoms with van der Waals surface area (Å²) in [6.07, 6.45) is 3.29. The SMILES string of the molecule is CCCOc1ccc(Br)cc1CNC(CCC)COC. The fourth-order valence-corrected chi connectivity index (χ4v) is 2.50. The number of benzene rings is 1. The van der Waals surface area contributed by atoms with E-state index >= 15 is 0 Å². The molecule has 114 valence electrons. The third-order valence-corrected chi connectivity index (χ3v) is 3.56. The second-order valence-corrected chi connectivity index (χ2v) is 5.84. The summed E-state index contributed by atoms with van der Waals surface area (Å²) in [4.78, 5) is 0. The minimum atomic E-state index is 0.392. The van der Waals surface area contributed by atoms with Gasteiger partial charge in [0.25, 0.3) is 0 Å². The number of halogens is 1. The summed E-state index contributed by atoms with van der Waals surface area (Å²) in [6.45, 7) is 6.61. The standard InChI is InChI=1S/C16H26BrNO2/c1-4-6-15(12-19-3)18-11-13-10-14(17)7-8-16(13)20-9-5-2/h7-8,10,15,18H,4-6,9,11-12H2,1-3H3. The third kappa shape index (κ3) is 6.25. The van der Waals surface area contributed by atoms with E-state index in [0.717, 1.165) is 49.2 Å². The van der Waals surface area contributed by atoms with E-state index in [4.69, 9.17) is 9.47 Å². The molecule has 1 rings (SSSR count). The first-order valence-corrected chi connectivity index (χ1v) is 8.14. The maximum atomic E-state index is 5.80. The van der Waals surface area contributed by atoms with Crippen LogP contribution in [0.15, 0.2) is 22.7 Å². The zero-order chi connectivity index (χ0) is 14.8. The lowest BCUT2D eigenvalue weighted by Gasteiger charge is -2.19. The summed E-state index contributed by atoms with van der Waals surface area (Å²) in [5.74, 6) is 0.968. The number of ether oxygens (including phenoxy) is 2. The van der Waals surface area contributed by atoms with E-state index in [2.05, 4.69) is 41.2 Å². The molecule has 0 aliphatic rings. The number of rotatable bonds is 10. The van der Waals surface area contributed by atoms with E-state index in [1.54, 1.807) is 7.11 Å². The summed E-state index contributed by atoms with van der Waals surface area (Å²) < 4.78 is 12.1. The molecule has 0 heterocycles. The molecule has 0 aliphatic carbocycles. The van der Waals surface area contributed by atoms with Crippen LogP contribution in [0, 0.1) is 0 Å². The highest BCUT2D eigenvalue weighted by molar-refractivity contribution is 9.10. The van der Waals surface area contributed by atoms with Gasteiger partial charge >= 0.3 is 0 Å². The Kier molecular flexibility index (Phi) is 8.90. The maximum Gasteiger partial charge on any atom is 0.123 e. The van der Waals surface area contributed by atoms with Gasteiger partial charge in [-0.1, -0.05) is 36.2 Å². The van der Waals surface area contributed by atoms with Gasteiger partial charge in [0.15, 0.2) is 0 Å². The van der Waals surface area contributed by atoms with Crippen molar-refractivity contribution in [1.82, 2.24) is 5.32 Å². The Morgan fingerprint density at radius 3 is 2.70 bits per heavy atom. The van der Waals surface area contributed by atoms with E-state index in [1.807, 2.05) is 12.1 Å². The molecule has 0 saturated heterocycles. The highest BCUT2D eigenvalue weighted by atomic mass is 79.9. The van der Waals surface area contributed by atoms with E-state index in [9.17, 15) is 0 Å².